The van der Waals surface area contributed by atoms with Gasteiger partial charge in [-0.2, -0.15) is 9.57 Å². The lowest BCUT2D eigenvalue weighted by Crippen LogP contribution is -2.45. The van der Waals surface area contributed by atoms with E-state index in [-0.39, 0.29) is 11.8 Å². The summed E-state index contributed by atoms with van der Waals surface area (Å²) in [5, 5.41) is 8.81. The normalized spacial score (nSPS) is 16.4. The molecular weight excluding hydrogens is 350 g/mol. The molecule has 1 heterocycles. The fraction of sp³-hybridized carbons (Fsp3) is 0.579. The highest BCUT2D eigenvalue weighted by Gasteiger charge is 2.33. The second kappa shape index (κ2) is 9.15. The summed E-state index contributed by atoms with van der Waals surface area (Å²) in [6, 6.07) is 10.5. The van der Waals surface area contributed by atoms with Gasteiger partial charge in [-0.15, -0.1) is 0 Å². The third kappa shape index (κ3) is 5.05. The molecule has 2 rings (SSSR count). The molecule has 6 nitrogen and oxygen atoms in total. The third-order valence-corrected chi connectivity index (χ3v) is 6.49. The standard InChI is InChI=1S/C19H27N3O3S/c1-16(2)15-21(12-6-11-20)19(23)17-9-13-22(14-10-17)26(24,25)18-7-4-3-5-8-18/h3-5,7-8,16-17H,6,9-10,12-15H2,1-2H3. The van der Waals surface area contributed by atoms with Gasteiger partial charge in [-0.1, -0.05) is 32.0 Å². The molecule has 142 valence electrons. The minimum atomic E-state index is -3.50. The first-order chi connectivity index (χ1) is 12.4. The van der Waals surface area contributed by atoms with Gasteiger partial charge in [0.15, 0.2) is 0 Å². The third-order valence-electron chi connectivity index (χ3n) is 4.57. The van der Waals surface area contributed by atoms with E-state index < -0.39 is 10.0 Å². The van der Waals surface area contributed by atoms with Crippen molar-refractivity contribution in [3.05, 3.63) is 30.3 Å². The average molecular weight is 378 g/mol. The molecule has 0 aliphatic carbocycles. The van der Waals surface area contributed by atoms with Gasteiger partial charge in [-0.05, 0) is 30.9 Å². The fourth-order valence-electron chi connectivity index (χ4n) is 3.26. The van der Waals surface area contributed by atoms with E-state index >= 15 is 0 Å². The van der Waals surface area contributed by atoms with Gasteiger partial charge in [0.1, 0.15) is 0 Å². The number of hydrogen-bond donors (Lipinski definition) is 0. The monoisotopic (exact) mass is 377 g/mol. The Morgan fingerprint density at radius 2 is 1.88 bits per heavy atom. The Morgan fingerprint density at radius 1 is 1.27 bits per heavy atom. The molecule has 0 saturated carbocycles. The van der Waals surface area contributed by atoms with Crippen molar-refractivity contribution in [3.63, 3.8) is 0 Å². The Morgan fingerprint density at radius 3 is 2.42 bits per heavy atom. The molecule has 0 atom stereocenters. The number of carbonyl (C=O) groups excluding carboxylic acids is 1. The van der Waals surface area contributed by atoms with E-state index in [9.17, 15) is 13.2 Å². The molecule has 1 aromatic rings. The van der Waals surface area contributed by atoms with Crippen molar-refractivity contribution in [2.24, 2.45) is 11.8 Å². The van der Waals surface area contributed by atoms with Crippen molar-refractivity contribution in [1.29, 1.82) is 5.26 Å². The van der Waals surface area contributed by atoms with E-state index in [1.54, 1.807) is 35.2 Å². The van der Waals surface area contributed by atoms with E-state index in [0.717, 1.165) is 0 Å². The van der Waals surface area contributed by atoms with Gasteiger partial charge in [0.25, 0.3) is 0 Å². The zero-order valence-electron chi connectivity index (χ0n) is 15.5. The smallest absolute Gasteiger partial charge is 0.243 e. The Balaban J connectivity index is 2.00. The van der Waals surface area contributed by atoms with Gasteiger partial charge in [0.2, 0.25) is 15.9 Å². The Labute approximate surface area is 156 Å². The van der Waals surface area contributed by atoms with Crippen LogP contribution in [-0.2, 0) is 14.8 Å². The molecule has 0 N–H and O–H groups in total. The molecule has 0 unspecified atom stereocenters. The summed E-state index contributed by atoms with van der Waals surface area (Å²) in [5.41, 5.74) is 0. The predicted octanol–water partition coefficient (Wildman–Crippen LogP) is 2.49. The molecule has 1 aromatic carbocycles. The first kappa shape index (κ1) is 20.4. The molecule has 1 aliphatic rings. The minimum absolute atomic E-state index is 0.0470. The van der Waals surface area contributed by atoms with Gasteiger partial charge < -0.3 is 4.90 Å². The first-order valence-electron chi connectivity index (χ1n) is 9.07. The average Bonchev–Trinajstić information content (AvgIpc) is 2.65. The van der Waals surface area contributed by atoms with Gasteiger partial charge in [-0.3, -0.25) is 4.79 Å². The number of hydrogen-bond acceptors (Lipinski definition) is 4. The number of sulfonamides is 1. The van der Waals surface area contributed by atoms with Crippen LogP contribution in [0.1, 0.15) is 33.1 Å². The molecule has 0 aromatic heterocycles. The number of nitriles is 1. The van der Waals surface area contributed by atoms with Gasteiger partial charge in [0.05, 0.1) is 17.4 Å². The SMILES string of the molecule is CC(C)CN(CCC#N)C(=O)C1CCN(S(=O)(=O)c2ccccc2)CC1. The summed E-state index contributed by atoms with van der Waals surface area (Å²) in [5.74, 6) is 0.205. The van der Waals surface area contributed by atoms with Crippen molar-refractivity contribution >= 4 is 15.9 Å². The molecular formula is C19H27N3O3S. The van der Waals surface area contributed by atoms with Gasteiger partial charge in [0, 0.05) is 32.1 Å². The summed E-state index contributed by atoms with van der Waals surface area (Å²) in [6.45, 7) is 5.85. The molecule has 0 bridgehead atoms. The van der Waals surface area contributed by atoms with E-state index in [0.29, 0.717) is 56.3 Å². The zero-order valence-corrected chi connectivity index (χ0v) is 16.3. The fourth-order valence-corrected chi connectivity index (χ4v) is 4.75. The summed E-state index contributed by atoms with van der Waals surface area (Å²) >= 11 is 0. The Kier molecular flexibility index (Phi) is 7.18. The van der Waals surface area contributed by atoms with Crippen molar-refractivity contribution in [3.8, 4) is 6.07 Å². The molecule has 7 heteroatoms. The van der Waals surface area contributed by atoms with E-state index in [2.05, 4.69) is 6.07 Å². The second-order valence-corrected chi connectivity index (χ2v) is 9.02. The van der Waals surface area contributed by atoms with Crippen LogP contribution in [0.2, 0.25) is 0 Å². The number of amides is 1. The van der Waals surface area contributed by atoms with E-state index in [1.165, 1.54) is 4.31 Å². The predicted molar refractivity (Wildman–Crippen MR) is 99.6 cm³/mol. The van der Waals surface area contributed by atoms with Gasteiger partial charge >= 0.3 is 0 Å². The summed E-state index contributed by atoms with van der Waals surface area (Å²) in [4.78, 5) is 14.9. The molecule has 1 saturated heterocycles. The molecule has 26 heavy (non-hydrogen) atoms. The topological polar surface area (TPSA) is 81.5 Å². The van der Waals surface area contributed by atoms with Crippen molar-refractivity contribution in [2.75, 3.05) is 26.2 Å². The Bertz CT molecular complexity index is 733. The number of rotatable bonds is 7. The highest BCUT2D eigenvalue weighted by Crippen LogP contribution is 2.25. The lowest BCUT2D eigenvalue weighted by Gasteiger charge is -2.34. The molecule has 0 spiro atoms. The maximum atomic E-state index is 12.8. The maximum absolute atomic E-state index is 12.8. The first-order valence-corrected chi connectivity index (χ1v) is 10.5. The zero-order chi connectivity index (χ0) is 19.2. The van der Waals surface area contributed by atoms with E-state index in [1.807, 2.05) is 13.8 Å². The van der Waals surface area contributed by atoms with Crippen LogP contribution in [-0.4, -0.2) is 49.7 Å². The van der Waals surface area contributed by atoms with Crippen LogP contribution < -0.4 is 0 Å². The van der Waals surface area contributed by atoms with Crippen LogP contribution in [0.25, 0.3) is 0 Å². The number of benzene rings is 1. The Hall–Kier alpha value is -1.91. The number of piperidine rings is 1. The van der Waals surface area contributed by atoms with Crippen LogP contribution in [0.15, 0.2) is 35.2 Å². The van der Waals surface area contributed by atoms with Crippen LogP contribution in [0.5, 0.6) is 0 Å². The lowest BCUT2D eigenvalue weighted by molar-refractivity contribution is -0.137. The number of nitrogens with zero attached hydrogens (tertiary/aromatic N) is 3. The van der Waals surface area contributed by atoms with Crippen molar-refractivity contribution in [1.82, 2.24) is 9.21 Å². The summed E-state index contributed by atoms with van der Waals surface area (Å²) < 4.78 is 26.8. The van der Waals surface area contributed by atoms with E-state index in [4.69, 9.17) is 5.26 Å². The minimum Gasteiger partial charge on any atom is -0.341 e. The quantitative estimate of drug-likeness (QED) is 0.731. The highest BCUT2D eigenvalue weighted by molar-refractivity contribution is 7.89. The lowest BCUT2D eigenvalue weighted by atomic mass is 9.96. The molecule has 1 fully saturated rings. The molecule has 0 radical (unpaired) electrons. The second-order valence-electron chi connectivity index (χ2n) is 7.08. The number of carbonyl (C=O) groups is 1. The van der Waals surface area contributed by atoms with Crippen LogP contribution in [0.4, 0.5) is 0 Å². The maximum Gasteiger partial charge on any atom is 0.243 e. The molecule has 1 amide bonds. The van der Waals surface area contributed by atoms with Crippen LogP contribution >= 0.6 is 0 Å². The van der Waals surface area contributed by atoms with Gasteiger partial charge in [-0.25, -0.2) is 8.42 Å². The van der Waals surface area contributed by atoms with Crippen LogP contribution in [0, 0.1) is 23.2 Å². The van der Waals surface area contributed by atoms with Crippen molar-refractivity contribution < 1.29 is 13.2 Å². The van der Waals surface area contributed by atoms with Crippen molar-refractivity contribution in [2.45, 2.75) is 38.0 Å². The summed E-state index contributed by atoms with van der Waals surface area (Å²) in [7, 11) is -3.50. The molecule has 1 aliphatic heterocycles. The van der Waals surface area contributed by atoms with Crippen LogP contribution in [0.3, 0.4) is 0 Å². The largest absolute Gasteiger partial charge is 0.341 e. The summed E-state index contributed by atoms with van der Waals surface area (Å²) in [6.07, 6.45) is 1.36. The highest BCUT2D eigenvalue weighted by atomic mass is 32.2.